The fourth-order valence-corrected chi connectivity index (χ4v) is 3.15. The van der Waals surface area contributed by atoms with E-state index in [0.717, 1.165) is 32.0 Å². The molecule has 1 aliphatic rings. The molecular weight excluding hydrogens is 288 g/mol. The molecule has 1 heterocycles. The molecule has 1 aliphatic heterocycles. The van der Waals surface area contributed by atoms with E-state index in [-0.39, 0.29) is 5.91 Å². The first kappa shape index (κ1) is 18.0. The summed E-state index contributed by atoms with van der Waals surface area (Å²) in [6.07, 6.45) is 5.16. The molecule has 1 aromatic rings. The molecule has 0 radical (unpaired) electrons. The summed E-state index contributed by atoms with van der Waals surface area (Å²) in [7, 11) is 1.68. The van der Waals surface area contributed by atoms with E-state index in [1.165, 1.54) is 24.8 Å². The highest BCUT2D eigenvalue weighted by Gasteiger charge is 2.19. The largest absolute Gasteiger partial charge is 0.385 e. The molecule has 0 unspecified atom stereocenters. The molecule has 1 aromatic carbocycles. The highest BCUT2D eigenvalue weighted by Crippen LogP contribution is 2.21. The molecule has 0 bridgehead atoms. The minimum Gasteiger partial charge on any atom is -0.385 e. The molecule has 4 nitrogen and oxygen atoms in total. The van der Waals surface area contributed by atoms with E-state index >= 15 is 0 Å². The molecule has 1 amide bonds. The van der Waals surface area contributed by atoms with Crippen LogP contribution in [0.25, 0.3) is 0 Å². The maximum atomic E-state index is 11.8. The molecule has 0 atom stereocenters. The molecular formula is C19H30N2O2. The van der Waals surface area contributed by atoms with Gasteiger partial charge in [0.05, 0.1) is 0 Å². The van der Waals surface area contributed by atoms with Crippen molar-refractivity contribution in [3.8, 4) is 0 Å². The summed E-state index contributed by atoms with van der Waals surface area (Å²) < 4.78 is 4.97. The third-order valence-corrected chi connectivity index (χ3v) is 4.58. The first-order valence-corrected chi connectivity index (χ1v) is 8.80. The second kappa shape index (κ2) is 10.4. The van der Waals surface area contributed by atoms with Gasteiger partial charge in [0, 0.05) is 33.2 Å². The molecule has 4 heteroatoms. The first-order valence-electron chi connectivity index (χ1n) is 8.80. The van der Waals surface area contributed by atoms with Crippen LogP contribution in [0.1, 0.15) is 31.2 Å². The van der Waals surface area contributed by atoms with Gasteiger partial charge in [0.15, 0.2) is 0 Å². The van der Waals surface area contributed by atoms with E-state index in [0.29, 0.717) is 19.6 Å². The van der Waals surface area contributed by atoms with Crippen LogP contribution in [-0.2, 0) is 16.0 Å². The molecule has 0 aromatic heterocycles. The lowest BCUT2D eigenvalue weighted by Gasteiger charge is -2.31. The number of nitrogens with zero attached hydrogens (tertiary/aromatic N) is 1. The third-order valence-electron chi connectivity index (χ3n) is 4.58. The number of carbonyl (C=O) groups excluding carboxylic acids is 1. The van der Waals surface area contributed by atoms with Crippen molar-refractivity contribution < 1.29 is 9.53 Å². The zero-order chi connectivity index (χ0) is 16.3. The number of benzene rings is 1. The molecule has 1 fully saturated rings. The average Bonchev–Trinajstić information content (AvgIpc) is 2.59. The summed E-state index contributed by atoms with van der Waals surface area (Å²) in [5.74, 6) is 0.948. The maximum absolute atomic E-state index is 11.8. The molecule has 1 saturated heterocycles. The fraction of sp³-hybridized carbons (Fsp3) is 0.632. The number of methoxy groups -OCH3 is 1. The van der Waals surface area contributed by atoms with Crippen molar-refractivity contribution in [1.82, 2.24) is 10.2 Å². The van der Waals surface area contributed by atoms with Crippen LogP contribution in [-0.4, -0.2) is 50.7 Å². The molecule has 0 saturated carbocycles. The monoisotopic (exact) mass is 318 g/mol. The third kappa shape index (κ3) is 7.14. The molecule has 0 aliphatic carbocycles. The number of hydrogen-bond acceptors (Lipinski definition) is 3. The van der Waals surface area contributed by atoms with Gasteiger partial charge in [-0.05, 0) is 50.3 Å². The number of rotatable bonds is 9. The zero-order valence-electron chi connectivity index (χ0n) is 14.3. The van der Waals surface area contributed by atoms with Gasteiger partial charge in [-0.1, -0.05) is 30.3 Å². The molecule has 0 spiro atoms. The quantitative estimate of drug-likeness (QED) is 0.711. The van der Waals surface area contributed by atoms with Crippen LogP contribution in [0.3, 0.4) is 0 Å². The Kier molecular flexibility index (Phi) is 8.12. The highest BCUT2D eigenvalue weighted by atomic mass is 16.5. The second-order valence-electron chi connectivity index (χ2n) is 6.42. The van der Waals surface area contributed by atoms with Crippen molar-refractivity contribution in [3.63, 3.8) is 0 Å². The number of nitrogens with one attached hydrogen (secondary N) is 1. The summed E-state index contributed by atoms with van der Waals surface area (Å²) in [6, 6.07) is 10.8. The van der Waals surface area contributed by atoms with Gasteiger partial charge >= 0.3 is 0 Å². The van der Waals surface area contributed by atoms with Crippen LogP contribution in [0.15, 0.2) is 30.3 Å². The summed E-state index contributed by atoms with van der Waals surface area (Å²) >= 11 is 0. The van der Waals surface area contributed by atoms with Crippen LogP contribution in [0, 0.1) is 5.92 Å². The van der Waals surface area contributed by atoms with E-state index < -0.39 is 0 Å². The zero-order valence-corrected chi connectivity index (χ0v) is 14.3. The van der Waals surface area contributed by atoms with Gasteiger partial charge < -0.3 is 15.0 Å². The van der Waals surface area contributed by atoms with E-state index in [4.69, 9.17) is 4.74 Å². The van der Waals surface area contributed by atoms with Gasteiger partial charge in [-0.15, -0.1) is 0 Å². The normalized spacial score (nSPS) is 16.4. The van der Waals surface area contributed by atoms with Crippen molar-refractivity contribution in [2.45, 2.75) is 32.1 Å². The summed E-state index contributed by atoms with van der Waals surface area (Å²) in [4.78, 5) is 14.2. The minimum atomic E-state index is 0.160. The standard InChI is InChI=1S/C19H30N2O2/c1-23-15-5-11-20-19(22)10-14-21-12-8-18(9-13-21)16-17-6-3-2-4-7-17/h2-4,6-7,18H,5,8-16H2,1H3,(H,20,22). The Morgan fingerprint density at radius 1 is 1.26 bits per heavy atom. The van der Waals surface area contributed by atoms with Crippen molar-refractivity contribution in [2.24, 2.45) is 5.92 Å². The predicted molar refractivity (Wildman–Crippen MR) is 93.4 cm³/mol. The van der Waals surface area contributed by atoms with Crippen molar-refractivity contribution in [1.29, 1.82) is 0 Å². The van der Waals surface area contributed by atoms with E-state index in [9.17, 15) is 4.79 Å². The number of hydrogen-bond donors (Lipinski definition) is 1. The maximum Gasteiger partial charge on any atom is 0.221 e. The number of ether oxygens (including phenoxy) is 1. The van der Waals surface area contributed by atoms with E-state index in [2.05, 4.69) is 40.5 Å². The van der Waals surface area contributed by atoms with Crippen LogP contribution < -0.4 is 5.32 Å². The Morgan fingerprint density at radius 3 is 2.70 bits per heavy atom. The average molecular weight is 318 g/mol. The summed E-state index contributed by atoms with van der Waals surface area (Å²) in [6.45, 7) is 4.54. The number of piperidine rings is 1. The van der Waals surface area contributed by atoms with Gasteiger partial charge in [-0.2, -0.15) is 0 Å². The smallest absolute Gasteiger partial charge is 0.221 e. The van der Waals surface area contributed by atoms with Crippen LogP contribution in [0.2, 0.25) is 0 Å². The summed E-state index contributed by atoms with van der Waals surface area (Å²) in [5.41, 5.74) is 1.45. The highest BCUT2D eigenvalue weighted by molar-refractivity contribution is 5.75. The topological polar surface area (TPSA) is 41.6 Å². The van der Waals surface area contributed by atoms with Gasteiger partial charge in [0.1, 0.15) is 0 Å². The Morgan fingerprint density at radius 2 is 2.00 bits per heavy atom. The number of amides is 1. The Bertz CT molecular complexity index is 442. The summed E-state index contributed by atoms with van der Waals surface area (Å²) in [5, 5.41) is 2.95. The Balaban J connectivity index is 1.57. The minimum absolute atomic E-state index is 0.160. The SMILES string of the molecule is COCCCNC(=O)CCN1CCC(Cc2ccccc2)CC1. The predicted octanol–water partition coefficient (Wildman–Crippen LogP) is 2.48. The molecule has 2 rings (SSSR count). The van der Waals surface area contributed by atoms with Crippen LogP contribution in [0.4, 0.5) is 0 Å². The molecule has 1 N–H and O–H groups in total. The van der Waals surface area contributed by atoms with Crippen molar-refractivity contribution in [2.75, 3.05) is 39.9 Å². The van der Waals surface area contributed by atoms with Crippen LogP contribution in [0.5, 0.6) is 0 Å². The fourth-order valence-electron chi connectivity index (χ4n) is 3.15. The van der Waals surface area contributed by atoms with Gasteiger partial charge in [0.25, 0.3) is 0 Å². The molecule has 128 valence electrons. The Hall–Kier alpha value is -1.39. The van der Waals surface area contributed by atoms with Crippen molar-refractivity contribution >= 4 is 5.91 Å². The van der Waals surface area contributed by atoms with Crippen LogP contribution >= 0.6 is 0 Å². The Labute approximate surface area is 140 Å². The van der Waals surface area contributed by atoms with Crippen molar-refractivity contribution in [3.05, 3.63) is 35.9 Å². The number of carbonyl (C=O) groups is 1. The lowest BCUT2D eigenvalue weighted by atomic mass is 9.90. The van der Waals surface area contributed by atoms with Gasteiger partial charge in [-0.25, -0.2) is 0 Å². The van der Waals surface area contributed by atoms with E-state index in [1.54, 1.807) is 7.11 Å². The lowest BCUT2D eigenvalue weighted by molar-refractivity contribution is -0.121. The van der Waals surface area contributed by atoms with E-state index in [1.807, 2.05) is 0 Å². The van der Waals surface area contributed by atoms with Gasteiger partial charge in [-0.3, -0.25) is 4.79 Å². The van der Waals surface area contributed by atoms with Gasteiger partial charge in [0.2, 0.25) is 5.91 Å². The molecule has 23 heavy (non-hydrogen) atoms. The number of likely N-dealkylation sites (tertiary alicyclic amines) is 1. The first-order chi connectivity index (χ1) is 11.3. The lowest BCUT2D eigenvalue weighted by Crippen LogP contribution is -2.37. The second-order valence-corrected chi connectivity index (χ2v) is 6.42.